The van der Waals surface area contributed by atoms with Crippen LogP contribution in [0.3, 0.4) is 0 Å². The lowest BCUT2D eigenvalue weighted by Gasteiger charge is -2.18. The first-order valence-electron chi connectivity index (χ1n) is 6.40. The lowest BCUT2D eigenvalue weighted by molar-refractivity contribution is 0.222. The van der Waals surface area contributed by atoms with E-state index in [4.69, 9.17) is 4.74 Å². The number of ether oxygens (including phenoxy) is 1. The van der Waals surface area contributed by atoms with Crippen molar-refractivity contribution in [3.8, 4) is 5.88 Å². The van der Waals surface area contributed by atoms with E-state index in [0.717, 1.165) is 31.7 Å². The molecule has 0 atom stereocenters. The van der Waals surface area contributed by atoms with Crippen LogP contribution in [0.2, 0.25) is 0 Å². The number of likely N-dealkylation sites (tertiary alicyclic amines) is 1. The van der Waals surface area contributed by atoms with Gasteiger partial charge in [-0.1, -0.05) is 0 Å². The Morgan fingerprint density at radius 2 is 2.05 bits per heavy atom. The number of nitrogens with one attached hydrogen (secondary N) is 1. The first-order chi connectivity index (χ1) is 9.11. The number of hydrogen-bond acceptors (Lipinski definition) is 4. The molecule has 1 fully saturated rings. The average molecular weight is 264 g/mol. The van der Waals surface area contributed by atoms with Crippen LogP contribution in [0, 0.1) is 0 Å². The van der Waals surface area contributed by atoms with Crippen molar-refractivity contribution in [1.29, 1.82) is 0 Å². The third-order valence-corrected chi connectivity index (χ3v) is 3.13. The van der Waals surface area contributed by atoms with Crippen molar-refractivity contribution >= 4 is 17.5 Å². The molecule has 104 valence electrons. The molecule has 0 unspecified atom stereocenters. The Morgan fingerprint density at radius 3 is 2.63 bits per heavy atom. The fourth-order valence-corrected chi connectivity index (χ4v) is 2.04. The number of methoxy groups -OCH3 is 1. The number of rotatable bonds is 3. The van der Waals surface area contributed by atoms with Crippen LogP contribution in [-0.2, 0) is 0 Å². The number of anilines is 2. The fourth-order valence-electron chi connectivity index (χ4n) is 2.04. The Morgan fingerprint density at radius 1 is 1.37 bits per heavy atom. The van der Waals surface area contributed by atoms with E-state index in [9.17, 15) is 4.79 Å². The van der Waals surface area contributed by atoms with Gasteiger partial charge in [-0.2, -0.15) is 4.98 Å². The zero-order valence-corrected chi connectivity index (χ0v) is 11.6. The minimum absolute atomic E-state index is 0.0878. The van der Waals surface area contributed by atoms with Crippen LogP contribution in [-0.4, -0.2) is 50.2 Å². The normalized spacial score (nSPS) is 14.4. The maximum Gasteiger partial charge on any atom is 0.321 e. The van der Waals surface area contributed by atoms with Crippen LogP contribution in [0.1, 0.15) is 12.8 Å². The highest BCUT2D eigenvalue weighted by Gasteiger charge is 2.19. The van der Waals surface area contributed by atoms with Gasteiger partial charge in [-0.05, 0) is 25.0 Å². The molecular weight excluding hydrogens is 244 g/mol. The molecule has 1 N–H and O–H groups in total. The van der Waals surface area contributed by atoms with Gasteiger partial charge in [0, 0.05) is 27.2 Å². The topological polar surface area (TPSA) is 57.7 Å². The molecule has 1 saturated heterocycles. The first kappa shape index (κ1) is 13.5. The summed E-state index contributed by atoms with van der Waals surface area (Å²) >= 11 is 0. The average Bonchev–Trinajstić information content (AvgIpc) is 2.92. The van der Waals surface area contributed by atoms with Gasteiger partial charge >= 0.3 is 6.03 Å². The van der Waals surface area contributed by atoms with Crippen LogP contribution >= 0.6 is 0 Å². The molecule has 1 aliphatic rings. The van der Waals surface area contributed by atoms with Gasteiger partial charge in [0.15, 0.2) is 0 Å². The number of carbonyl (C=O) groups is 1. The van der Waals surface area contributed by atoms with Gasteiger partial charge in [0.25, 0.3) is 0 Å². The number of pyridine rings is 1. The first-order valence-corrected chi connectivity index (χ1v) is 6.40. The van der Waals surface area contributed by atoms with Crippen molar-refractivity contribution in [1.82, 2.24) is 9.88 Å². The van der Waals surface area contributed by atoms with E-state index in [1.165, 1.54) is 0 Å². The minimum atomic E-state index is -0.0878. The highest BCUT2D eigenvalue weighted by atomic mass is 16.5. The fraction of sp³-hybridized carbons (Fsp3) is 0.538. The standard InChI is InChI=1S/C13H20N4O2/c1-16(2)11-7-6-10(12(15-11)19-3)14-13(18)17-8-4-5-9-17/h6-7H,4-5,8-9H2,1-3H3,(H,14,18). The number of aromatic nitrogens is 1. The predicted molar refractivity (Wildman–Crippen MR) is 74.9 cm³/mol. The zero-order valence-electron chi connectivity index (χ0n) is 11.6. The van der Waals surface area contributed by atoms with Crippen LogP contribution < -0.4 is 15.0 Å². The smallest absolute Gasteiger partial charge is 0.321 e. The Hall–Kier alpha value is -1.98. The molecule has 1 aliphatic heterocycles. The van der Waals surface area contributed by atoms with E-state index in [-0.39, 0.29) is 6.03 Å². The molecule has 2 rings (SSSR count). The molecule has 6 nitrogen and oxygen atoms in total. The molecule has 0 radical (unpaired) electrons. The Bertz CT molecular complexity index is 456. The molecule has 0 bridgehead atoms. The molecule has 6 heteroatoms. The molecular formula is C13H20N4O2. The Labute approximate surface area is 113 Å². The van der Waals surface area contributed by atoms with Gasteiger partial charge in [0.2, 0.25) is 5.88 Å². The van der Waals surface area contributed by atoms with Gasteiger partial charge in [-0.25, -0.2) is 4.79 Å². The summed E-state index contributed by atoms with van der Waals surface area (Å²) in [6.45, 7) is 1.63. The highest BCUT2D eigenvalue weighted by molar-refractivity contribution is 5.90. The molecule has 2 heterocycles. The quantitative estimate of drug-likeness (QED) is 0.904. The van der Waals surface area contributed by atoms with E-state index >= 15 is 0 Å². The van der Waals surface area contributed by atoms with Crippen LogP contribution in [0.25, 0.3) is 0 Å². The van der Waals surface area contributed by atoms with Gasteiger partial charge in [0.05, 0.1) is 7.11 Å². The maximum absolute atomic E-state index is 12.0. The number of amides is 2. The number of hydrogen-bond donors (Lipinski definition) is 1. The predicted octanol–water partition coefficient (Wildman–Crippen LogP) is 1.78. The summed E-state index contributed by atoms with van der Waals surface area (Å²) in [5, 5.41) is 2.85. The van der Waals surface area contributed by atoms with E-state index in [2.05, 4.69) is 10.3 Å². The minimum Gasteiger partial charge on any atom is -0.479 e. The summed E-state index contributed by atoms with van der Waals surface area (Å²) in [5.41, 5.74) is 0.602. The molecule has 0 saturated carbocycles. The number of nitrogens with zero attached hydrogens (tertiary/aromatic N) is 3. The van der Waals surface area contributed by atoms with E-state index < -0.39 is 0 Å². The van der Waals surface area contributed by atoms with Crippen molar-refractivity contribution in [2.45, 2.75) is 12.8 Å². The second-order valence-electron chi connectivity index (χ2n) is 4.75. The van der Waals surface area contributed by atoms with Crippen molar-refractivity contribution in [3.05, 3.63) is 12.1 Å². The largest absolute Gasteiger partial charge is 0.479 e. The summed E-state index contributed by atoms with van der Waals surface area (Å²) in [7, 11) is 5.36. The van der Waals surface area contributed by atoms with E-state index in [0.29, 0.717) is 11.6 Å². The third kappa shape index (κ3) is 3.07. The monoisotopic (exact) mass is 264 g/mol. The lowest BCUT2D eigenvalue weighted by atomic mass is 10.3. The van der Waals surface area contributed by atoms with Gasteiger partial charge in [-0.15, -0.1) is 0 Å². The highest BCUT2D eigenvalue weighted by Crippen LogP contribution is 2.25. The molecule has 1 aromatic rings. The summed E-state index contributed by atoms with van der Waals surface area (Å²) in [4.78, 5) is 20.1. The lowest BCUT2D eigenvalue weighted by Crippen LogP contribution is -2.32. The van der Waals surface area contributed by atoms with Gasteiger partial charge in [0.1, 0.15) is 11.5 Å². The molecule has 2 amide bonds. The summed E-state index contributed by atoms with van der Waals surface area (Å²) in [6.07, 6.45) is 2.14. The Kier molecular flexibility index (Phi) is 4.09. The molecule has 0 spiro atoms. The van der Waals surface area contributed by atoms with E-state index in [1.54, 1.807) is 12.0 Å². The SMILES string of the molecule is COc1nc(N(C)C)ccc1NC(=O)N1CCCC1. The van der Waals surface area contributed by atoms with Gasteiger partial charge < -0.3 is 19.9 Å². The number of urea groups is 1. The summed E-state index contributed by atoms with van der Waals surface area (Å²) in [6, 6.07) is 3.58. The second-order valence-corrected chi connectivity index (χ2v) is 4.75. The van der Waals surface area contributed by atoms with Crippen molar-refractivity contribution in [2.24, 2.45) is 0 Å². The zero-order chi connectivity index (χ0) is 13.8. The maximum atomic E-state index is 12.0. The van der Waals surface area contributed by atoms with Crippen LogP contribution in [0.15, 0.2) is 12.1 Å². The second kappa shape index (κ2) is 5.77. The third-order valence-electron chi connectivity index (χ3n) is 3.13. The molecule has 19 heavy (non-hydrogen) atoms. The van der Waals surface area contributed by atoms with Crippen molar-refractivity contribution in [3.63, 3.8) is 0 Å². The van der Waals surface area contributed by atoms with E-state index in [1.807, 2.05) is 31.1 Å². The summed E-state index contributed by atoms with van der Waals surface area (Å²) in [5.74, 6) is 1.22. The van der Waals surface area contributed by atoms with Crippen molar-refractivity contribution < 1.29 is 9.53 Å². The van der Waals surface area contributed by atoms with Gasteiger partial charge in [-0.3, -0.25) is 0 Å². The molecule has 1 aromatic heterocycles. The number of carbonyl (C=O) groups excluding carboxylic acids is 1. The van der Waals surface area contributed by atoms with Crippen LogP contribution in [0.4, 0.5) is 16.3 Å². The van der Waals surface area contributed by atoms with Crippen LogP contribution in [0.5, 0.6) is 5.88 Å². The van der Waals surface area contributed by atoms with Crippen molar-refractivity contribution in [2.75, 3.05) is 44.5 Å². The molecule has 0 aliphatic carbocycles. The Balaban J connectivity index is 2.12. The summed E-state index contributed by atoms with van der Waals surface area (Å²) < 4.78 is 5.23. The molecule has 0 aromatic carbocycles.